The van der Waals surface area contributed by atoms with Crippen LogP contribution in [0.15, 0.2) is 33.8 Å². The number of hydrogen-bond acceptors (Lipinski definition) is 2. The van der Waals surface area contributed by atoms with Crippen LogP contribution >= 0.6 is 0 Å². The molecule has 0 aromatic rings. The molecular weight excluding hydrogens is 124 g/mol. The maximum Gasteiger partial charge on any atom is 0.0565 e. The minimum atomic E-state index is 0.468. The summed E-state index contributed by atoms with van der Waals surface area (Å²) in [7, 11) is 0. The fraction of sp³-hybridized carbons (Fsp3) is 0.500. The van der Waals surface area contributed by atoms with Crippen LogP contribution in [-0.2, 0) is 0 Å². The molecule has 0 aromatic heterocycles. The molecule has 2 heteroatoms. The van der Waals surface area contributed by atoms with E-state index in [1.54, 1.807) is 0 Å². The SMILES string of the molecule is CC1=CC(C)C=C(C)N=N1. The van der Waals surface area contributed by atoms with Crippen LogP contribution in [0.4, 0.5) is 0 Å². The number of allylic oxidation sites excluding steroid dienone is 4. The first-order valence-corrected chi connectivity index (χ1v) is 3.47. The van der Waals surface area contributed by atoms with Crippen molar-refractivity contribution >= 4 is 0 Å². The van der Waals surface area contributed by atoms with Crippen molar-refractivity contribution in [2.75, 3.05) is 0 Å². The molecule has 0 saturated heterocycles. The molecule has 1 rings (SSSR count). The van der Waals surface area contributed by atoms with E-state index in [-0.39, 0.29) is 0 Å². The molecule has 1 aliphatic heterocycles. The van der Waals surface area contributed by atoms with Crippen LogP contribution in [0.5, 0.6) is 0 Å². The second kappa shape index (κ2) is 2.78. The molecule has 0 atom stereocenters. The van der Waals surface area contributed by atoms with Gasteiger partial charge >= 0.3 is 0 Å². The maximum atomic E-state index is 3.97. The third kappa shape index (κ3) is 1.79. The Labute approximate surface area is 61.4 Å². The van der Waals surface area contributed by atoms with E-state index < -0.39 is 0 Å². The second-order valence-electron chi connectivity index (χ2n) is 2.68. The highest BCUT2D eigenvalue weighted by molar-refractivity contribution is 5.11. The largest absolute Gasteiger partial charge is 0.156 e. The summed E-state index contributed by atoms with van der Waals surface area (Å²) in [4.78, 5) is 0. The third-order valence-corrected chi connectivity index (χ3v) is 1.37. The summed E-state index contributed by atoms with van der Waals surface area (Å²) in [6.07, 6.45) is 4.19. The zero-order valence-corrected chi connectivity index (χ0v) is 6.63. The summed E-state index contributed by atoms with van der Waals surface area (Å²) < 4.78 is 0. The summed E-state index contributed by atoms with van der Waals surface area (Å²) >= 11 is 0. The van der Waals surface area contributed by atoms with Gasteiger partial charge in [-0.15, -0.1) is 0 Å². The van der Waals surface area contributed by atoms with Gasteiger partial charge in [-0.1, -0.05) is 19.1 Å². The number of hydrogen-bond donors (Lipinski definition) is 0. The summed E-state index contributed by atoms with van der Waals surface area (Å²) in [6, 6.07) is 0. The Hall–Kier alpha value is -0.920. The average molecular weight is 136 g/mol. The Morgan fingerprint density at radius 2 is 1.50 bits per heavy atom. The van der Waals surface area contributed by atoms with Crippen molar-refractivity contribution < 1.29 is 0 Å². The van der Waals surface area contributed by atoms with Gasteiger partial charge in [-0.2, -0.15) is 10.2 Å². The standard InChI is InChI=1S/C8H12N2/c1-6-4-7(2)9-10-8(3)5-6/h4-6H,1-3H3. The van der Waals surface area contributed by atoms with Crippen LogP contribution in [0.1, 0.15) is 20.8 Å². The number of nitrogens with zero attached hydrogens (tertiary/aromatic N) is 2. The molecule has 0 spiro atoms. The molecule has 10 heavy (non-hydrogen) atoms. The molecule has 0 unspecified atom stereocenters. The van der Waals surface area contributed by atoms with Crippen molar-refractivity contribution in [3.8, 4) is 0 Å². The van der Waals surface area contributed by atoms with Gasteiger partial charge in [0.2, 0.25) is 0 Å². The van der Waals surface area contributed by atoms with Crippen molar-refractivity contribution in [1.29, 1.82) is 0 Å². The first-order valence-electron chi connectivity index (χ1n) is 3.47. The number of rotatable bonds is 0. The summed E-state index contributed by atoms with van der Waals surface area (Å²) in [5.41, 5.74) is 2.00. The Balaban J connectivity index is 2.87. The zero-order chi connectivity index (χ0) is 7.56. The van der Waals surface area contributed by atoms with Crippen LogP contribution in [-0.4, -0.2) is 0 Å². The normalized spacial score (nSPS) is 19.9. The predicted octanol–water partition coefficient (Wildman–Crippen LogP) is 2.90. The van der Waals surface area contributed by atoms with Crippen LogP contribution in [0, 0.1) is 5.92 Å². The molecule has 0 aliphatic carbocycles. The molecule has 0 N–H and O–H groups in total. The smallest absolute Gasteiger partial charge is 0.0565 e. The number of azo groups is 1. The van der Waals surface area contributed by atoms with Gasteiger partial charge in [0.25, 0.3) is 0 Å². The highest BCUT2D eigenvalue weighted by atomic mass is 15.1. The fourth-order valence-electron chi connectivity index (χ4n) is 1.03. The summed E-state index contributed by atoms with van der Waals surface area (Å²) in [5, 5.41) is 7.95. The molecular formula is C8H12N2. The van der Waals surface area contributed by atoms with Gasteiger partial charge in [-0.25, -0.2) is 0 Å². The van der Waals surface area contributed by atoms with Crippen molar-refractivity contribution in [1.82, 2.24) is 0 Å². The van der Waals surface area contributed by atoms with Gasteiger partial charge in [0, 0.05) is 0 Å². The highest BCUT2D eigenvalue weighted by Crippen LogP contribution is 2.14. The van der Waals surface area contributed by atoms with Gasteiger partial charge in [-0.05, 0) is 19.8 Å². The molecule has 0 amide bonds. The molecule has 0 saturated carbocycles. The molecule has 1 heterocycles. The van der Waals surface area contributed by atoms with Crippen molar-refractivity contribution in [2.45, 2.75) is 20.8 Å². The minimum Gasteiger partial charge on any atom is -0.156 e. The quantitative estimate of drug-likeness (QED) is 0.489. The van der Waals surface area contributed by atoms with Crippen LogP contribution in [0.25, 0.3) is 0 Å². The lowest BCUT2D eigenvalue weighted by atomic mass is 10.1. The molecule has 0 bridgehead atoms. The average Bonchev–Trinajstić information content (AvgIpc) is 1.93. The van der Waals surface area contributed by atoms with Crippen molar-refractivity contribution in [3.05, 3.63) is 23.5 Å². The first kappa shape index (κ1) is 7.19. The lowest BCUT2D eigenvalue weighted by Crippen LogP contribution is -1.82. The monoisotopic (exact) mass is 136 g/mol. The summed E-state index contributed by atoms with van der Waals surface area (Å²) in [6.45, 7) is 6.06. The van der Waals surface area contributed by atoms with E-state index in [0.29, 0.717) is 5.92 Å². The van der Waals surface area contributed by atoms with Crippen LogP contribution in [0.3, 0.4) is 0 Å². The van der Waals surface area contributed by atoms with Crippen molar-refractivity contribution in [3.63, 3.8) is 0 Å². The lowest BCUT2D eigenvalue weighted by molar-refractivity contribution is 0.919. The highest BCUT2D eigenvalue weighted by Gasteiger charge is 1.98. The summed E-state index contributed by atoms with van der Waals surface area (Å²) in [5.74, 6) is 0.468. The predicted molar refractivity (Wildman–Crippen MR) is 41.5 cm³/mol. The maximum absolute atomic E-state index is 3.97. The van der Waals surface area contributed by atoms with E-state index in [1.165, 1.54) is 0 Å². The molecule has 54 valence electrons. The van der Waals surface area contributed by atoms with E-state index in [2.05, 4.69) is 29.3 Å². The Kier molecular flexibility index (Phi) is 2.00. The molecule has 0 radical (unpaired) electrons. The molecule has 0 aromatic carbocycles. The van der Waals surface area contributed by atoms with Crippen LogP contribution < -0.4 is 0 Å². The molecule has 2 nitrogen and oxygen atoms in total. The van der Waals surface area contributed by atoms with Gasteiger partial charge in [0.1, 0.15) is 0 Å². The molecule has 1 aliphatic rings. The lowest BCUT2D eigenvalue weighted by Gasteiger charge is -1.94. The zero-order valence-electron chi connectivity index (χ0n) is 6.63. The van der Waals surface area contributed by atoms with Gasteiger partial charge < -0.3 is 0 Å². The van der Waals surface area contributed by atoms with E-state index in [9.17, 15) is 0 Å². The Morgan fingerprint density at radius 3 is 1.90 bits per heavy atom. The van der Waals surface area contributed by atoms with Gasteiger partial charge in [0.05, 0.1) is 11.4 Å². The molecule has 0 fully saturated rings. The van der Waals surface area contributed by atoms with Gasteiger partial charge in [-0.3, -0.25) is 0 Å². The topological polar surface area (TPSA) is 24.7 Å². The van der Waals surface area contributed by atoms with E-state index >= 15 is 0 Å². The first-order chi connectivity index (χ1) is 4.68. The van der Waals surface area contributed by atoms with Gasteiger partial charge in [0.15, 0.2) is 0 Å². The van der Waals surface area contributed by atoms with E-state index in [4.69, 9.17) is 0 Å². The van der Waals surface area contributed by atoms with Crippen LogP contribution in [0.2, 0.25) is 0 Å². The van der Waals surface area contributed by atoms with Crippen molar-refractivity contribution in [2.24, 2.45) is 16.1 Å². The van der Waals surface area contributed by atoms with E-state index in [0.717, 1.165) is 11.4 Å². The minimum absolute atomic E-state index is 0.468. The Bertz CT molecular complexity index is 189. The Morgan fingerprint density at radius 1 is 1.10 bits per heavy atom. The second-order valence-corrected chi connectivity index (χ2v) is 2.68. The third-order valence-electron chi connectivity index (χ3n) is 1.37. The van der Waals surface area contributed by atoms with E-state index in [1.807, 2.05) is 13.8 Å². The fourth-order valence-corrected chi connectivity index (χ4v) is 1.03.